The van der Waals surface area contributed by atoms with Crippen LogP contribution in [-0.2, 0) is 4.74 Å². The van der Waals surface area contributed by atoms with E-state index < -0.39 is 0 Å². The smallest absolute Gasteiger partial charge is 0.0937 e. The van der Waals surface area contributed by atoms with Crippen molar-refractivity contribution in [3.05, 3.63) is 22.8 Å². The van der Waals surface area contributed by atoms with Crippen LogP contribution in [0.25, 0.3) is 0 Å². The first-order valence-electron chi connectivity index (χ1n) is 12.8. The van der Waals surface area contributed by atoms with Gasteiger partial charge in [-0.05, 0) is 99.5 Å². The highest BCUT2D eigenvalue weighted by molar-refractivity contribution is 5.38. The Kier molecular flexibility index (Phi) is 4.46. The van der Waals surface area contributed by atoms with E-state index in [2.05, 4.69) is 39.1 Å². The van der Waals surface area contributed by atoms with Gasteiger partial charge in [0.15, 0.2) is 0 Å². The fourth-order valence-corrected chi connectivity index (χ4v) is 9.09. The summed E-state index contributed by atoms with van der Waals surface area (Å²) in [5, 5.41) is 14.1. The molecule has 3 heteroatoms. The van der Waals surface area contributed by atoms with E-state index in [0.29, 0.717) is 23.5 Å². The summed E-state index contributed by atoms with van der Waals surface area (Å²) in [7, 11) is 0. The van der Waals surface area contributed by atoms with E-state index in [1.54, 1.807) is 16.7 Å². The third-order valence-corrected chi connectivity index (χ3v) is 10.9. The molecule has 6 rings (SSSR count). The van der Waals surface area contributed by atoms with Crippen molar-refractivity contribution in [2.75, 3.05) is 6.54 Å². The Balaban J connectivity index is 1.34. The Bertz CT molecular complexity index is 801. The van der Waals surface area contributed by atoms with Gasteiger partial charge in [0.05, 0.1) is 17.8 Å². The molecule has 0 unspecified atom stereocenters. The first-order valence-corrected chi connectivity index (χ1v) is 12.8. The molecule has 1 spiro atoms. The van der Waals surface area contributed by atoms with Gasteiger partial charge in [-0.15, -0.1) is 0 Å². The minimum Gasteiger partial charge on any atom is -0.393 e. The normalized spacial score (nSPS) is 55.0. The minimum atomic E-state index is -0.111. The molecular formula is C27H41NO2. The Hall–Kier alpha value is -0.640. The van der Waals surface area contributed by atoms with Crippen molar-refractivity contribution >= 4 is 0 Å². The summed E-state index contributed by atoms with van der Waals surface area (Å²) in [5.41, 5.74) is 5.25. The topological polar surface area (TPSA) is 41.5 Å². The van der Waals surface area contributed by atoms with Crippen LogP contribution < -0.4 is 5.32 Å². The van der Waals surface area contributed by atoms with Gasteiger partial charge in [0.1, 0.15) is 0 Å². The molecular weight excluding hydrogens is 370 g/mol. The molecule has 2 heterocycles. The molecule has 2 saturated heterocycles. The Morgan fingerprint density at radius 2 is 2.00 bits per heavy atom. The largest absolute Gasteiger partial charge is 0.393 e. The number of rotatable bonds is 0. The minimum absolute atomic E-state index is 0.0222. The second kappa shape index (κ2) is 6.68. The second-order valence-corrected chi connectivity index (χ2v) is 12.2. The molecule has 0 amide bonds. The van der Waals surface area contributed by atoms with Gasteiger partial charge in [-0.25, -0.2) is 0 Å². The SMILES string of the molecule is CC1=C2C[C@H]3[C@@H](CC=C4C[C@@H](O)CC[C@@]43C)[C@@H]2CC[C@]12O[C@H]1C[C@H](C)CN[C@@H]1[C@H]2C. The third-order valence-electron chi connectivity index (χ3n) is 10.9. The number of hydrogen-bond acceptors (Lipinski definition) is 3. The number of aliphatic hydroxyl groups excluding tert-OH is 1. The van der Waals surface area contributed by atoms with Crippen LogP contribution >= 0.6 is 0 Å². The summed E-state index contributed by atoms with van der Waals surface area (Å²) in [5.74, 6) is 3.64. The molecule has 2 saturated carbocycles. The molecule has 10 atom stereocenters. The summed E-state index contributed by atoms with van der Waals surface area (Å²) >= 11 is 0. The van der Waals surface area contributed by atoms with E-state index in [1.165, 1.54) is 38.5 Å². The lowest BCUT2D eigenvalue weighted by Gasteiger charge is -2.49. The molecule has 0 radical (unpaired) electrons. The van der Waals surface area contributed by atoms with E-state index in [1.807, 2.05) is 0 Å². The van der Waals surface area contributed by atoms with Gasteiger partial charge in [-0.2, -0.15) is 0 Å². The van der Waals surface area contributed by atoms with Gasteiger partial charge in [-0.3, -0.25) is 0 Å². The van der Waals surface area contributed by atoms with Gasteiger partial charge < -0.3 is 15.2 Å². The molecule has 30 heavy (non-hydrogen) atoms. The van der Waals surface area contributed by atoms with Crippen molar-refractivity contribution in [1.29, 1.82) is 0 Å². The molecule has 0 aromatic heterocycles. The number of hydrogen-bond donors (Lipinski definition) is 2. The number of aliphatic hydroxyl groups is 1. The highest BCUT2D eigenvalue weighted by atomic mass is 16.5. The molecule has 0 aromatic rings. The zero-order valence-electron chi connectivity index (χ0n) is 19.4. The van der Waals surface area contributed by atoms with Crippen LogP contribution in [0.2, 0.25) is 0 Å². The number of nitrogens with one attached hydrogen (secondary N) is 1. The fourth-order valence-electron chi connectivity index (χ4n) is 9.09. The van der Waals surface area contributed by atoms with Crippen molar-refractivity contribution in [3.63, 3.8) is 0 Å². The van der Waals surface area contributed by atoms with Crippen molar-refractivity contribution in [3.8, 4) is 0 Å². The maximum absolute atomic E-state index is 10.3. The predicted octanol–water partition coefficient (Wildman–Crippen LogP) is 5.00. The number of ether oxygens (including phenoxy) is 1. The van der Waals surface area contributed by atoms with Crippen LogP contribution in [0.5, 0.6) is 0 Å². The van der Waals surface area contributed by atoms with Crippen LogP contribution in [0, 0.1) is 35.0 Å². The molecule has 0 bridgehead atoms. The Morgan fingerprint density at radius 1 is 1.17 bits per heavy atom. The van der Waals surface area contributed by atoms with E-state index in [4.69, 9.17) is 4.74 Å². The molecule has 166 valence electrons. The standard InChI is InChI=1S/C27H41NO2/c1-15-11-24-25(28-14-15)17(3)27(30-24)10-8-20-21-6-5-18-12-19(29)7-9-26(18,4)23(21)13-22(20)16(27)2/h5,15,17,19-21,23-25,28-29H,6-14H2,1-4H3/t15-,17+,19-,20-,21-,23-,24-,25+,26-,27-/m0/s1. The van der Waals surface area contributed by atoms with E-state index >= 15 is 0 Å². The van der Waals surface area contributed by atoms with Crippen molar-refractivity contribution in [1.82, 2.24) is 5.32 Å². The first-order chi connectivity index (χ1) is 14.3. The predicted molar refractivity (Wildman–Crippen MR) is 120 cm³/mol. The zero-order valence-corrected chi connectivity index (χ0v) is 19.4. The zero-order chi connectivity index (χ0) is 20.8. The summed E-state index contributed by atoms with van der Waals surface area (Å²) < 4.78 is 7.03. The lowest BCUT2D eigenvalue weighted by molar-refractivity contribution is -0.0549. The fraction of sp³-hybridized carbons (Fsp3) is 0.852. The van der Waals surface area contributed by atoms with Crippen molar-refractivity contribution in [2.45, 2.75) is 103 Å². The monoisotopic (exact) mass is 411 g/mol. The highest BCUT2D eigenvalue weighted by Gasteiger charge is 2.60. The van der Waals surface area contributed by atoms with Gasteiger partial charge in [0, 0.05) is 12.0 Å². The van der Waals surface area contributed by atoms with Gasteiger partial charge in [0.2, 0.25) is 0 Å². The highest BCUT2D eigenvalue weighted by Crippen LogP contribution is 2.65. The maximum Gasteiger partial charge on any atom is 0.0937 e. The van der Waals surface area contributed by atoms with E-state index in [0.717, 1.165) is 43.1 Å². The van der Waals surface area contributed by atoms with Crippen LogP contribution in [-0.4, -0.2) is 35.5 Å². The Morgan fingerprint density at radius 3 is 2.83 bits per heavy atom. The average Bonchev–Trinajstić information content (AvgIpc) is 3.23. The van der Waals surface area contributed by atoms with E-state index in [-0.39, 0.29) is 11.7 Å². The van der Waals surface area contributed by atoms with Crippen LogP contribution in [0.4, 0.5) is 0 Å². The average molecular weight is 412 g/mol. The van der Waals surface area contributed by atoms with Crippen molar-refractivity contribution < 1.29 is 9.84 Å². The molecule has 3 nitrogen and oxygen atoms in total. The summed E-state index contributed by atoms with van der Waals surface area (Å²) in [4.78, 5) is 0. The summed E-state index contributed by atoms with van der Waals surface area (Å²) in [6.07, 6.45) is 12.2. The van der Waals surface area contributed by atoms with Gasteiger partial charge in [-0.1, -0.05) is 38.0 Å². The first kappa shape index (κ1) is 20.0. The third kappa shape index (κ3) is 2.55. The van der Waals surface area contributed by atoms with Crippen LogP contribution in [0.15, 0.2) is 22.8 Å². The number of piperidine rings is 1. The molecule has 6 aliphatic rings. The molecule has 4 fully saturated rings. The molecule has 0 aromatic carbocycles. The van der Waals surface area contributed by atoms with Gasteiger partial charge in [0.25, 0.3) is 0 Å². The molecule has 2 N–H and O–H groups in total. The maximum atomic E-state index is 10.3. The van der Waals surface area contributed by atoms with Crippen molar-refractivity contribution in [2.24, 2.45) is 35.0 Å². The van der Waals surface area contributed by atoms with Crippen LogP contribution in [0.1, 0.15) is 79.1 Å². The second-order valence-electron chi connectivity index (χ2n) is 12.2. The quantitative estimate of drug-likeness (QED) is 0.551. The summed E-state index contributed by atoms with van der Waals surface area (Å²) in [6, 6.07) is 0.530. The lowest BCUT2D eigenvalue weighted by atomic mass is 9.56. The number of fused-ring (bicyclic) bond motifs is 6. The molecule has 2 aliphatic heterocycles. The summed E-state index contributed by atoms with van der Waals surface area (Å²) in [6.45, 7) is 10.9. The number of allylic oxidation sites excluding steroid dienone is 2. The van der Waals surface area contributed by atoms with Crippen LogP contribution in [0.3, 0.4) is 0 Å². The molecule has 4 aliphatic carbocycles. The lowest BCUT2D eigenvalue weighted by Crippen LogP contribution is -2.49. The van der Waals surface area contributed by atoms with E-state index in [9.17, 15) is 5.11 Å². The van der Waals surface area contributed by atoms with Gasteiger partial charge >= 0.3 is 0 Å². The Labute approximate surface area is 182 Å².